The number of hydrogen-bond donors (Lipinski definition) is 3. The molecule has 0 aliphatic carbocycles. The second-order valence-electron chi connectivity index (χ2n) is 19.6. The molecule has 0 spiro atoms. The van der Waals surface area contributed by atoms with Gasteiger partial charge in [0.25, 0.3) is 0 Å². The second-order valence-corrected chi connectivity index (χ2v) is 22.0. The van der Waals surface area contributed by atoms with Crippen molar-refractivity contribution in [2.75, 3.05) is 75.4 Å². The van der Waals surface area contributed by atoms with Gasteiger partial charge in [-0.2, -0.15) is 23.5 Å². The number of rotatable bonds is 52. The highest BCUT2D eigenvalue weighted by Crippen LogP contribution is 2.16. The van der Waals surface area contributed by atoms with Crippen LogP contribution in [0, 0.1) is 24.7 Å². The standard InChI is InChI=1S/C44H83N3O3S.C16H26N2O4S/c1-5-9-12-14-16-18-20-22-24-26-28-31-36-46(37-32-29-27-25-23-21-19-17-15-13-10-6-2)44(50)34-40-51-41-39-47(43(49)8-4)38-35-45-42(48)33-30-11-7-3;1-3-5-6-7-14(19)17-9-10-18(15(20)4-2)11-13-23-12-8-16(21)22/h3H,5-6,8-41H2,1-2,4H3,(H,45,48);1H,4-13H2,2H3,(H,17,19)(H,21,22). The molecule has 0 unspecified atom stereocenters. The van der Waals surface area contributed by atoms with Crippen LogP contribution in [0.25, 0.3) is 0 Å². The van der Waals surface area contributed by atoms with Crippen molar-refractivity contribution < 1.29 is 33.9 Å². The molecule has 0 radical (unpaired) electrons. The lowest BCUT2D eigenvalue weighted by molar-refractivity contribution is -0.136. The van der Waals surface area contributed by atoms with E-state index in [1.807, 2.05) is 11.8 Å². The molecule has 12 nitrogen and oxygen atoms in total. The van der Waals surface area contributed by atoms with Gasteiger partial charge in [-0.1, -0.05) is 169 Å². The fraction of sp³-hybridized carbons (Fsp3) is 0.833. The third kappa shape index (κ3) is 50.8. The third-order valence-electron chi connectivity index (χ3n) is 13.0. The van der Waals surface area contributed by atoms with E-state index >= 15 is 0 Å². The zero-order valence-electron chi connectivity index (χ0n) is 47.7. The van der Waals surface area contributed by atoms with Crippen LogP contribution in [-0.4, -0.2) is 131 Å². The van der Waals surface area contributed by atoms with Gasteiger partial charge in [-0.05, 0) is 25.7 Å². The number of unbranched alkanes of at least 4 members (excludes halogenated alkanes) is 24. The molecule has 0 bridgehead atoms. The predicted octanol–water partition coefficient (Wildman–Crippen LogP) is 12.9. The quantitative estimate of drug-likeness (QED) is 0.0399. The molecule has 5 amide bonds. The van der Waals surface area contributed by atoms with E-state index < -0.39 is 5.97 Å². The van der Waals surface area contributed by atoms with Gasteiger partial charge in [0.15, 0.2) is 0 Å². The zero-order valence-corrected chi connectivity index (χ0v) is 49.4. The van der Waals surface area contributed by atoms with E-state index in [9.17, 15) is 28.8 Å². The maximum absolute atomic E-state index is 13.4. The molecule has 0 aliphatic heterocycles. The van der Waals surface area contributed by atoms with Gasteiger partial charge in [-0.25, -0.2) is 0 Å². The minimum absolute atomic E-state index is 0.0152. The number of nitrogens with zero attached hydrogens (tertiary/aromatic N) is 3. The van der Waals surface area contributed by atoms with Crippen molar-refractivity contribution >= 4 is 59.0 Å². The summed E-state index contributed by atoms with van der Waals surface area (Å²) < 4.78 is 0. The summed E-state index contributed by atoms with van der Waals surface area (Å²) in [6.07, 6.45) is 47.3. The molecule has 0 aromatic heterocycles. The van der Waals surface area contributed by atoms with Crippen molar-refractivity contribution in [2.24, 2.45) is 0 Å². The Morgan fingerprint density at radius 2 is 0.716 bits per heavy atom. The molecule has 0 atom stereocenters. The summed E-state index contributed by atoms with van der Waals surface area (Å²) in [5.74, 6) is 7.40. The highest BCUT2D eigenvalue weighted by Gasteiger charge is 2.16. The van der Waals surface area contributed by atoms with E-state index in [1.165, 1.54) is 153 Å². The molecule has 0 rings (SSSR count). The Bertz CT molecular complexity index is 1440. The highest BCUT2D eigenvalue weighted by atomic mass is 32.2. The number of nitrogens with one attached hydrogen (secondary N) is 2. The predicted molar refractivity (Wildman–Crippen MR) is 315 cm³/mol. The number of hydrogen-bond acceptors (Lipinski definition) is 8. The van der Waals surface area contributed by atoms with Crippen molar-refractivity contribution in [3.05, 3.63) is 0 Å². The lowest BCUT2D eigenvalue weighted by Crippen LogP contribution is -2.39. The average Bonchev–Trinajstić information content (AvgIpc) is 3.39. The number of thioether (sulfide) groups is 2. The van der Waals surface area contributed by atoms with E-state index in [0.717, 1.165) is 37.4 Å². The number of carboxylic acid groups (broad SMARTS) is 1. The summed E-state index contributed by atoms with van der Waals surface area (Å²) in [6.45, 7) is 13.1. The fourth-order valence-electron chi connectivity index (χ4n) is 8.39. The Labute approximate surface area is 462 Å². The molecule has 0 aromatic carbocycles. The van der Waals surface area contributed by atoms with Crippen molar-refractivity contribution in [1.82, 2.24) is 25.3 Å². The molecule has 0 aromatic rings. The number of carbonyl (C=O) groups is 6. The van der Waals surface area contributed by atoms with Crippen LogP contribution >= 0.6 is 23.5 Å². The maximum Gasteiger partial charge on any atom is 0.304 e. The van der Waals surface area contributed by atoms with Crippen LogP contribution in [0.2, 0.25) is 0 Å². The Morgan fingerprint density at radius 3 is 1.04 bits per heavy atom. The number of carbonyl (C=O) groups excluding carboxylic acids is 5. The van der Waals surface area contributed by atoms with Gasteiger partial charge in [0, 0.05) is 120 Å². The van der Waals surface area contributed by atoms with Crippen LogP contribution in [0.5, 0.6) is 0 Å². The summed E-state index contributed by atoms with van der Waals surface area (Å²) in [7, 11) is 0. The van der Waals surface area contributed by atoms with E-state index in [-0.39, 0.29) is 30.0 Å². The first-order chi connectivity index (χ1) is 36.0. The molecule has 14 heteroatoms. The van der Waals surface area contributed by atoms with Gasteiger partial charge in [0.2, 0.25) is 29.5 Å². The van der Waals surface area contributed by atoms with Crippen molar-refractivity contribution in [1.29, 1.82) is 0 Å². The first kappa shape index (κ1) is 72.7. The molecular weight excluding hydrogens is 967 g/mol. The molecule has 74 heavy (non-hydrogen) atoms. The summed E-state index contributed by atoms with van der Waals surface area (Å²) in [6, 6.07) is 0. The molecule has 0 fully saturated rings. The van der Waals surface area contributed by atoms with Gasteiger partial charge < -0.3 is 30.4 Å². The lowest BCUT2D eigenvalue weighted by Gasteiger charge is -2.24. The normalized spacial score (nSPS) is 10.7. The van der Waals surface area contributed by atoms with E-state index in [4.69, 9.17) is 18.0 Å². The number of aliphatic carboxylic acids is 1. The topological polar surface area (TPSA) is 156 Å². The number of carboxylic acids is 1. The molecule has 0 saturated carbocycles. The van der Waals surface area contributed by atoms with Gasteiger partial charge in [0.05, 0.1) is 6.42 Å². The first-order valence-electron chi connectivity index (χ1n) is 29.6. The molecule has 0 aliphatic rings. The van der Waals surface area contributed by atoms with Crippen LogP contribution < -0.4 is 10.6 Å². The van der Waals surface area contributed by atoms with Gasteiger partial charge in [0.1, 0.15) is 0 Å². The van der Waals surface area contributed by atoms with Gasteiger partial charge in [-0.15, -0.1) is 24.7 Å². The average molecular weight is 1080 g/mol. The SMILES string of the molecule is C#CCCCC(=O)NCCN(CCSCCC(=O)N(CCCCCCCCCCCCCC)CCCCCCCCCCCCCC)C(=O)CC.C#CCCCC(=O)NCCN(CCSCCC(=O)O)C(=O)CC. The minimum atomic E-state index is -0.813. The van der Waals surface area contributed by atoms with Crippen LogP contribution in [0.3, 0.4) is 0 Å². The summed E-state index contributed by atoms with van der Waals surface area (Å²) in [5.41, 5.74) is 0. The van der Waals surface area contributed by atoms with Gasteiger partial charge >= 0.3 is 5.97 Å². The fourth-order valence-corrected chi connectivity index (χ4v) is 10.1. The van der Waals surface area contributed by atoms with E-state index in [2.05, 4.69) is 41.2 Å². The van der Waals surface area contributed by atoms with Gasteiger partial charge in [-0.3, -0.25) is 28.8 Å². The minimum Gasteiger partial charge on any atom is -0.481 e. The first-order valence-corrected chi connectivity index (χ1v) is 31.9. The Hall–Kier alpha value is -3.36. The maximum atomic E-state index is 13.4. The Kier molecular flexibility index (Phi) is 56.3. The summed E-state index contributed by atoms with van der Waals surface area (Å²) in [4.78, 5) is 77.4. The number of terminal acetylenes is 2. The largest absolute Gasteiger partial charge is 0.481 e. The molecule has 0 saturated heterocycles. The molecule has 428 valence electrons. The third-order valence-corrected chi connectivity index (χ3v) is 14.9. The van der Waals surface area contributed by atoms with Crippen molar-refractivity contribution in [3.63, 3.8) is 0 Å². The Morgan fingerprint density at radius 1 is 0.392 bits per heavy atom. The summed E-state index contributed by atoms with van der Waals surface area (Å²) >= 11 is 3.26. The Balaban J connectivity index is 0. The van der Waals surface area contributed by atoms with Crippen LogP contribution in [0.1, 0.15) is 246 Å². The monoisotopic (exact) mass is 1080 g/mol. The van der Waals surface area contributed by atoms with E-state index in [0.29, 0.717) is 114 Å². The molecule has 3 N–H and O–H groups in total. The van der Waals surface area contributed by atoms with Crippen molar-refractivity contribution in [2.45, 2.75) is 246 Å². The number of amides is 5. The van der Waals surface area contributed by atoms with Crippen LogP contribution in [-0.2, 0) is 28.8 Å². The highest BCUT2D eigenvalue weighted by molar-refractivity contribution is 7.99. The molecular formula is C60H109N5O7S2. The van der Waals surface area contributed by atoms with Crippen LogP contribution in [0.4, 0.5) is 0 Å². The summed E-state index contributed by atoms with van der Waals surface area (Å²) in [5, 5.41) is 14.3. The second kappa shape index (κ2) is 57.3. The lowest BCUT2D eigenvalue weighted by atomic mass is 10.0. The molecule has 0 heterocycles. The smallest absolute Gasteiger partial charge is 0.304 e. The van der Waals surface area contributed by atoms with Crippen molar-refractivity contribution in [3.8, 4) is 24.7 Å². The van der Waals surface area contributed by atoms with Crippen LogP contribution in [0.15, 0.2) is 0 Å². The zero-order chi connectivity index (χ0) is 55.0. The van der Waals surface area contributed by atoms with E-state index in [1.54, 1.807) is 23.6 Å².